The van der Waals surface area contributed by atoms with Gasteiger partial charge in [-0.1, -0.05) is 18.2 Å². The van der Waals surface area contributed by atoms with Gasteiger partial charge in [0.15, 0.2) is 11.6 Å². The molecule has 2 aromatic rings. The van der Waals surface area contributed by atoms with Gasteiger partial charge in [0.1, 0.15) is 5.58 Å². The molecule has 1 aromatic heterocycles. The van der Waals surface area contributed by atoms with Crippen molar-refractivity contribution in [3.63, 3.8) is 0 Å². The van der Waals surface area contributed by atoms with Crippen LogP contribution in [0.25, 0.3) is 11.0 Å². The molecule has 1 aromatic carbocycles. The van der Waals surface area contributed by atoms with Crippen molar-refractivity contribution in [2.45, 2.75) is 0 Å². The van der Waals surface area contributed by atoms with Crippen molar-refractivity contribution in [2.75, 3.05) is 13.1 Å². The van der Waals surface area contributed by atoms with Crippen molar-refractivity contribution in [2.24, 2.45) is 4.99 Å². The van der Waals surface area contributed by atoms with E-state index in [0.29, 0.717) is 0 Å². The summed E-state index contributed by atoms with van der Waals surface area (Å²) in [5, 5.41) is 4.31. The number of halogens is 1. The summed E-state index contributed by atoms with van der Waals surface area (Å²) in [5.74, 6) is 1.71. The molecule has 0 spiro atoms. The SMILES string of the molecule is Cl.c1ccc2oc(C3=NCCN3)cc2c1. The number of hydrogen-bond donors (Lipinski definition) is 1. The molecule has 0 bridgehead atoms. The molecule has 0 atom stereocenters. The van der Waals surface area contributed by atoms with E-state index in [4.69, 9.17) is 4.42 Å². The van der Waals surface area contributed by atoms with Crippen LogP contribution in [0.1, 0.15) is 5.76 Å². The Morgan fingerprint density at radius 1 is 1.27 bits per heavy atom. The average molecular weight is 223 g/mol. The van der Waals surface area contributed by atoms with Gasteiger partial charge in [-0.15, -0.1) is 12.4 Å². The molecular formula is C11H11ClN2O. The summed E-state index contributed by atoms with van der Waals surface area (Å²) in [6.07, 6.45) is 0. The number of furan rings is 1. The number of hydrogen-bond acceptors (Lipinski definition) is 3. The van der Waals surface area contributed by atoms with Gasteiger partial charge in [-0.25, -0.2) is 0 Å². The molecule has 2 heterocycles. The summed E-state index contributed by atoms with van der Waals surface area (Å²) in [5.41, 5.74) is 0.916. The van der Waals surface area contributed by atoms with Gasteiger partial charge in [-0.3, -0.25) is 4.99 Å². The molecule has 3 rings (SSSR count). The van der Waals surface area contributed by atoms with Crippen LogP contribution in [0, 0.1) is 0 Å². The van der Waals surface area contributed by atoms with Crippen LogP contribution in [0.3, 0.4) is 0 Å². The zero-order valence-electron chi connectivity index (χ0n) is 8.06. The molecule has 1 aliphatic heterocycles. The fraction of sp³-hybridized carbons (Fsp3) is 0.182. The number of nitrogens with zero attached hydrogens (tertiary/aromatic N) is 1. The summed E-state index contributed by atoms with van der Waals surface area (Å²) in [6, 6.07) is 10.0. The van der Waals surface area contributed by atoms with Gasteiger partial charge in [-0.2, -0.15) is 0 Å². The van der Waals surface area contributed by atoms with E-state index in [9.17, 15) is 0 Å². The number of fused-ring (bicyclic) bond motifs is 1. The Kier molecular flexibility index (Phi) is 2.64. The molecule has 0 unspecified atom stereocenters. The molecule has 15 heavy (non-hydrogen) atoms. The van der Waals surface area contributed by atoms with Crippen LogP contribution >= 0.6 is 12.4 Å². The Bertz CT molecular complexity index is 471. The fourth-order valence-electron chi connectivity index (χ4n) is 1.66. The van der Waals surface area contributed by atoms with E-state index in [-0.39, 0.29) is 12.4 Å². The van der Waals surface area contributed by atoms with E-state index in [1.165, 1.54) is 0 Å². The predicted octanol–water partition coefficient (Wildman–Crippen LogP) is 2.20. The highest BCUT2D eigenvalue weighted by Crippen LogP contribution is 2.19. The standard InChI is InChI=1S/C11H10N2O.ClH/c1-2-4-9-8(3-1)7-10(14-9)11-12-5-6-13-11;/h1-4,7H,5-6H2,(H,12,13);1H. The molecule has 1 aliphatic rings. The van der Waals surface area contributed by atoms with Crippen LogP contribution < -0.4 is 5.32 Å². The molecular weight excluding hydrogens is 212 g/mol. The number of rotatable bonds is 1. The first-order chi connectivity index (χ1) is 6.93. The van der Waals surface area contributed by atoms with E-state index >= 15 is 0 Å². The number of aliphatic imine (C=N–C) groups is 1. The highest BCUT2D eigenvalue weighted by atomic mass is 35.5. The molecule has 0 fully saturated rings. The Morgan fingerprint density at radius 3 is 2.87 bits per heavy atom. The van der Waals surface area contributed by atoms with Gasteiger partial charge in [0.05, 0.1) is 6.54 Å². The number of nitrogens with one attached hydrogen (secondary N) is 1. The van der Waals surface area contributed by atoms with E-state index in [0.717, 1.165) is 35.7 Å². The first kappa shape index (κ1) is 10.1. The summed E-state index contributed by atoms with van der Waals surface area (Å²) < 4.78 is 5.66. The Labute approximate surface area is 93.6 Å². The molecule has 0 amide bonds. The van der Waals surface area contributed by atoms with Crippen LogP contribution in [0.15, 0.2) is 39.7 Å². The first-order valence-electron chi connectivity index (χ1n) is 4.71. The van der Waals surface area contributed by atoms with Crippen molar-refractivity contribution < 1.29 is 4.42 Å². The lowest BCUT2D eigenvalue weighted by atomic mass is 10.2. The fourth-order valence-corrected chi connectivity index (χ4v) is 1.66. The minimum Gasteiger partial charge on any atom is -0.453 e. The zero-order valence-corrected chi connectivity index (χ0v) is 8.88. The third-order valence-electron chi connectivity index (χ3n) is 2.33. The van der Waals surface area contributed by atoms with Gasteiger partial charge in [0.25, 0.3) is 0 Å². The molecule has 0 saturated carbocycles. The lowest BCUT2D eigenvalue weighted by molar-refractivity contribution is 0.602. The molecule has 4 heteroatoms. The monoisotopic (exact) mass is 222 g/mol. The second-order valence-corrected chi connectivity index (χ2v) is 3.31. The Hall–Kier alpha value is -1.48. The molecule has 1 N–H and O–H groups in total. The molecule has 0 saturated heterocycles. The highest BCUT2D eigenvalue weighted by Gasteiger charge is 2.12. The van der Waals surface area contributed by atoms with E-state index in [2.05, 4.69) is 10.3 Å². The van der Waals surface area contributed by atoms with Crippen molar-refractivity contribution in [1.82, 2.24) is 5.32 Å². The summed E-state index contributed by atoms with van der Waals surface area (Å²) in [7, 11) is 0. The predicted molar refractivity (Wildman–Crippen MR) is 62.9 cm³/mol. The van der Waals surface area contributed by atoms with E-state index in [1.54, 1.807) is 0 Å². The lowest BCUT2D eigenvalue weighted by Crippen LogP contribution is -2.18. The van der Waals surface area contributed by atoms with Crippen LogP contribution in [0.5, 0.6) is 0 Å². The second kappa shape index (κ2) is 3.95. The van der Waals surface area contributed by atoms with Crippen molar-refractivity contribution in [3.05, 3.63) is 36.1 Å². The summed E-state index contributed by atoms with van der Waals surface area (Å²) in [6.45, 7) is 1.75. The Balaban J connectivity index is 0.000000853. The zero-order chi connectivity index (χ0) is 9.38. The maximum atomic E-state index is 5.66. The third-order valence-corrected chi connectivity index (χ3v) is 2.33. The van der Waals surface area contributed by atoms with Gasteiger partial charge < -0.3 is 9.73 Å². The molecule has 3 nitrogen and oxygen atoms in total. The van der Waals surface area contributed by atoms with Crippen LogP contribution in [-0.2, 0) is 0 Å². The van der Waals surface area contributed by atoms with Crippen molar-refractivity contribution >= 4 is 29.2 Å². The largest absolute Gasteiger partial charge is 0.453 e. The summed E-state index contributed by atoms with van der Waals surface area (Å²) in [4.78, 5) is 4.31. The quantitative estimate of drug-likeness (QED) is 0.803. The van der Waals surface area contributed by atoms with Gasteiger partial charge >= 0.3 is 0 Å². The third kappa shape index (κ3) is 1.70. The topological polar surface area (TPSA) is 37.5 Å². The van der Waals surface area contributed by atoms with Crippen LogP contribution in [0.2, 0.25) is 0 Å². The molecule has 0 aliphatic carbocycles. The average Bonchev–Trinajstić information content (AvgIpc) is 2.86. The van der Waals surface area contributed by atoms with E-state index in [1.807, 2.05) is 30.3 Å². The lowest BCUT2D eigenvalue weighted by Gasteiger charge is -1.94. The smallest absolute Gasteiger partial charge is 0.170 e. The van der Waals surface area contributed by atoms with Crippen molar-refractivity contribution in [3.8, 4) is 0 Å². The minimum atomic E-state index is 0. The molecule has 78 valence electrons. The molecule has 0 radical (unpaired) electrons. The van der Waals surface area contributed by atoms with Crippen molar-refractivity contribution in [1.29, 1.82) is 0 Å². The maximum Gasteiger partial charge on any atom is 0.170 e. The van der Waals surface area contributed by atoms with Gasteiger partial charge in [0.2, 0.25) is 0 Å². The van der Waals surface area contributed by atoms with Gasteiger partial charge in [0, 0.05) is 11.9 Å². The minimum absolute atomic E-state index is 0. The Morgan fingerprint density at radius 2 is 2.13 bits per heavy atom. The number of para-hydroxylation sites is 1. The normalized spacial score (nSPS) is 14.5. The van der Waals surface area contributed by atoms with E-state index < -0.39 is 0 Å². The van der Waals surface area contributed by atoms with Crippen LogP contribution in [0.4, 0.5) is 0 Å². The second-order valence-electron chi connectivity index (χ2n) is 3.31. The summed E-state index contributed by atoms with van der Waals surface area (Å²) >= 11 is 0. The maximum absolute atomic E-state index is 5.66. The first-order valence-corrected chi connectivity index (χ1v) is 4.71. The van der Waals surface area contributed by atoms with Crippen LogP contribution in [-0.4, -0.2) is 18.9 Å². The van der Waals surface area contributed by atoms with Gasteiger partial charge in [-0.05, 0) is 12.1 Å². The number of benzene rings is 1. The highest BCUT2D eigenvalue weighted by molar-refractivity contribution is 6.00. The number of amidine groups is 1.